The summed E-state index contributed by atoms with van der Waals surface area (Å²) in [6.45, 7) is 0.505. The van der Waals surface area contributed by atoms with E-state index < -0.39 is 0 Å². The number of benzene rings is 2. The van der Waals surface area contributed by atoms with Crippen molar-refractivity contribution in [1.82, 2.24) is 0 Å². The molecule has 0 radical (unpaired) electrons. The minimum Gasteiger partial charge on any atom is -0.372 e. The monoisotopic (exact) mass is 330 g/mol. The van der Waals surface area contributed by atoms with Crippen LogP contribution < -0.4 is 0 Å². The first-order valence-electron chi connectivity index (χ1n) is 6.70. The molecule has 1 aliphatic rings. The first-order valence-corrected chi connectivity index (χ1v) is 7.50. The summed E-state index contributed by atoms with van der Waals surface area (Å²) in [4.78, 5) is 12.4. The van der Waals surface area contributed by atoms with Crippen LogP contribution >= 0.6 is 15.9 Å². The van der Waals surface area contributed by atoms with E-state index in [1.54, 1.807) is 0 Å². The molecule has 2 aromatic rings. The molecule has 102 valence electrons. The second-order valence-corrected chi connectivity index (χ2v) is 5.86. The lowest BCUT2D eigenvalue weighted by Crippen LogP contribution is -2.29. The average Bonchev–Trinajstić information content (AvgIpc) is 2.49. The van der Waals surface area contributed by atoms with Crippen LogP contribution in [0.4, 0.5) is 0 Å². The van der Waals surface area contributed by atoms with Crippen LogP contribution in [0.5, 0.6) is 0 Å². The van der Waals surface area contributed by atoms with Gasteiger partial charge in [-0.3, -0.25) is 4.79 Å². The van der Waals surface area contributed by atoms with Gasteiger partial charge in [0.05, 0.1) is 18.6 Å². The third-order valence-electron chi connectivity index (χ3n) is 3.65. The number of ketones is 1. The van der Waals surface area contributed by atoms with E-state index in [4.69, 9.17) is 4.74 Å². The highest BCUT2D eigenvalue weighted by Gasteiger charge is 2.34. The minimum atomic E-state index is -0.209. The summed E-state index contributed by atoms with van der Waals surface area (Å²) in [6.07, 6.45) is 0.308. The molecule has 2 atom stereocenters. The van der Waals surface area contributed by atoms with Crippen molar-refractivity contribution in [1.29, 1.82) is 0 Å². The lowest BCUT2D eigenvalue weighted by atomic mass is 9.83. The molecule has 0 spiro atoms. The highest BCUT2D eigenvalue weighted by molar-refractivity contribution is 9.10. The van der Waals surface area contributed by atoms with Crippen molar-refractivity contribution >= 4 is 21.7 Å². The van der Waals surface area contributed by atoms with Crippen LogP contribution in [0.3, 0.4) is 0 Å². The Bertz CT molecular complexity index is 592. The maximum atomic E-state index is 12.4. The van der Waals surface area contributed by atoms with Gasteiger partial charge < -0.3 is 4.74 Å². The Morgan fingerprint density at radius 2 is 1.65 bits per heavy atom. The second kappa shape index (κ2) is 5.90. The summed E-state index contributed by atoms with van der Waals surface area (Å²) in [5, 5.41) is 0. The molecule has 1 heterocycles. The van der Waals surface area contributed by atoms with E-state index in [2.05, 4.69) is 15.9 Å². The SMILES string of the molecule is O=C1CCO[C@H](c2ccccc2)[C@@H]1c1ccc(Br)cc1. The molecule has 0 aromatic heterocycles. The van der Waals surface area contributed by atoms with Crippen LogP contribution in [0.2, 0.25) is 0 Å². The Morgan fingerprint density at radius 3 is 2.35 bits per heavy atom. The van der Waals surface area contributed by atoms with Crippen molar-refractivity contribution < 1.29 is 9.53 Å². The highest BCUT2D eigenvalue weighted by atomic mass is 79.9. The molecular formula is C17H15BrO2. The van der Waals surface area contributed by atoms with E-state index in [1.807, 2.05) is 54.6 Å². The Kier molecular flexibility index (Phi) is 3.99. The molecule has 1 fully saturated rings. The van der Waals surface area contributed by atoms with Crippen molar-refractivity contribution in [3.05, 3.63) is 70.2 Å². The first-order chi connectivity index (χ1) is 9.75. The molecule has 1 saturated heterocycles. The largest absolute Gasteiger partial charge is 0.372 e. The van der Waals surface area contributed by atoms with Gasteiger partial charge in [-0.2, -0.15) is 0 Å². The van der Waals surface area contributed by atoms with Crippen molar-refractivity contribution in [3.63, 3.8) is 0 Å². The molecule has 0 unspecified atom stereocenters. The van der Waals surface area contributed by atoms with E-state index in [-0.39, 0.29) is 17.8 Å². The average molecular weight is 331 g/mol. The molecule has 0 saturated carbocycles. The van der Waals surface area contributed by atoms with E-state index in [0.29, 0.717) is 13.0 Å². The number of hydrogen-bond acceptors (Lipinski definition) is 2. The Labute approximate surface area is 126 Å². The molecule has 20 heavy (non-hydrogen) atoms. The fourth-order valence-electron chi connectivity index (χ4n) is 2.67. The van der Waals surface area contributed by atoms with Gasteiger partial charge in [-0.25, -0.2) is 0 Å². The summed E-state index contributed by atoms with van der Waals surface area (Å²) in [5.74, 6) is 0.0478. The lowest BCUT2D eigenvalue weighted by Gasteiger charge is -2.31. The Morgan fingerprint density at radius 1 is 0.950 bits per heavy atom. The van der Waals surface area contributed by atoms with Crippen LogP contribution in [0, 0.1) is 0 Å². The quantitative estimate of drug-likeness (QED) is 0.822. The van der Waals surface area contributed by atoms with E-state index in [9.17, 15) is 4.79 Å². The van der Waals surface area contributed by atoms with Crippen LogP contribution in [0.25, 0.3) is 0 Å². The summed E-state index contributed by atoms with van der Waals surface area (Å²) < 4.78 is 6.91. The van der Waals surface area contributed by atoms with Gasteiger partial charge in [0.25, 0.3) is 0 Å². The molecule has 0 bridgehead atoms. The minimum absolute atomic E-state index is 0.182. The number of ether oxygens (including phenoxy) is 1. The molecule has 2 nitrogen and oxygen atoms in total. The van der Waals surface area contributed by atoms with E-state index in [0.717, 1.165) is 15.6 Å². The number of rotatable bonds is 2. The molecular weight excluding hydrogens is 316 g/mol. The smallest absolute Gasteiger partial charge is 0.145 e. The Balaban J connectivity index is 1.99. The van der Waals surface area contributed by atoms with Crippen molar-refractivity contribution in [2.24, 2.45) is 0 Å². The number of halogens is 1. The zero-order chi connectivity index (χ0) is 13.9. The number of carbonyl (C=O) groups excluding carboxylic acids is 1. The summed E-state index contributed by atoms with van der Waals surface area (Å²) in [7, 11) is 0. The maximum Gasteiger partial charge on any atom is 0.145 e. The van der Waals surface area contributed by atoms with Gasteiger partial charge in [0, 0.05) is 10.9 Å². The van der Waals surface area contributed by atoms with Gasteiger partial charge >= 0.3 is 0 Å². The zero-order valence-electron chi connectivity index (χ0n) is 11.0. The summed E-state index contributed by atoms with van der Waals surface area (Å²) in [6, 6.07) is 17.9. The molecule has 1 aliphatic heterocycles. The first kappa shape index (κ1) is 13.5. The van der Waals surface area contributed by atoms with Gasteiger partial charge in [-0.05, 0) is 23.3 Å². The standard InChI is InChI=1S/C17H15BrO2/c18-14-8-6-12(7-9-14)16-15(19)10-11-20-17(16)13-4-2-1-3-5-13/h1-9,16-17H,10-11H2/t16-,17-/m1/s1. The fraction of sp³-hybridized carbons (Fsp3) is 0.235. The zero-order valence-corrected chi connectivity index (χ0v) is 12.5. The maximum absolute atomic E-state index is 12.4. The normalized spacial score (nSPS) is 22.8. The van der Waals surface area contributed by atoms with Gasteiger partial charge in [0.2, 0.25) is 0 Å². The summed E-state index contributed by atoms with van der Waals surface area (Å²) >= 11 is 3.43. The highest BCUT2D eigenvalue weighted by Crippen LogP contribution is 2.38. The molecule has 3 heteroatoms. The molecule has 0 aliphatic carbocycles. The second-order valence-electron chi connectivity index (χ2n) is 4.95. The predicted molar refractivity (Wildman–Crippen MR) is 81.6 cm³/mol. The molecule has 3 rings (SSSR count). The lowest BCUT2D eigenvalue weighted by molar-refractivity contribution is -0.132. The molecule has 2 aromatic carbocycles. The van der Waals surface area contributed by atoms with Gasteiger partial charge in [-0.1, -0.05) is 58.4 Å². The fourth-order valence-corrected chi connectivity index (χ4v) is 2.93. The predicted octanol–water partition coefficient (Wildman–Crippen LogP) is 4.26. The van der Waals surface area contributed by atoms with Crippen LogP contribution in [0.15, 0.2) is 59.1 Å². The van der Waals surface area contributed by atoms with Gasteiger partial charge in [-0.15, -0.1) is 0 Å². The van der Waals surface area contributed by atoms with Crippen molar-refractivity contribution in [2.45, 2.75) is 18.4 Å². The van der Waals surface area contributed by atoms with Crippen molar-refractivity contribution in [3.8, 4) is 0 Å². The van der Waals surface area contributed by atoms with Crippen LogP contribution in [-0.4, -0.2) is 12.4 Å². The summed E-state index contributed by atoms with van der Waals surface area (Å²) in [5.41, 5.74) is 2.08. The molecule has 0 N–H and O–H groups in total. The third-order valence-corrected chi connectivity index (χ3v) is 4.18. The van der Waals surface area contributed by atoms with Crippen molar-refractivity contribution in [2.75, 3.05) is 6.61 Å². The van der Waals surface area contributed by atoms with Gasteiger partial charge in [0.15, 0.2) is 0 Å². The van der Waals surface area contributed by atoms with E-state index >= 15 is 0 Å². The number of hydrogen-bond donors (Lipinski definition) is 0. The van der Waals surface area contributed by atoms with E-state index in [1.165, 1.54) is 0 Å². The van der Waals surface area contributed by atoms with Gasteiger partial charge in [0.1, 0.15) is 5.78 Å². The van der Waals surface area contributed by atoms with Crippen LogP contribution in [0.1, 0.15) is 29.6 Å². The third kappa shape index (κ3) is 2.69. The molecule has 0 amide bonds. The Hall–Kier alpha value is -1.45. The topological polar surface area (TPSA) is 26.3 Å². The number of carbonyl (C=O) groups is 1. The van der Waals surface area contributed by atoms with Crippen LogP contribution in [-0.2, 0) is 9.53 Å². The number of Topliss-reactive ketones (excluding diaryl/α,β-unsaturated/α-hetero) is 1.